The van der Waals surface area contributed by atoms with Gasteiger partial charge in [0, 0.05) is 12.1 Å². The zero-order valence-corrected chi connectivity index (χ0v) is 11.3. The van der Waals surface area contributed by atoms with Crippen LogP contribution < -0.4 is 5.32 Å². The molecule has 0 radical (unpaired) electrons. The third kappa shape index (κ3) is 1.47. The maximum atomic E-state index is 4.00. The molecule has 0 saturated heterocycles. The quantitative estimate of drug-likeness (QED) is 0.768. The summed E-state index contributed by atoms with van der Waals surface area (Å²) in [4.78, 5) is 0. The molecule has 0 heterocycles. The Morgan fingerprint density at radius 2 is 1.81 bits per heavy atom. The maximum Gasteiger partial charge on any atom is 0.0177 e. The molecule has 3 aliphatic carbocycles. The van der Waals surface area contributed by atoms with Crippen LogP contribution in [-0.2, 0) is 0 Å². The number of nitrogens with one attached hydrogen (secondary N) is 1. The van der Waals surface area contributed by atoms with Crippen molar-refractivity contribution in [3.8, 4) is 0 Å². The Morgan fingerprint density at radius 1 is 1.12 bits per heavy atom. The zero-order chi connectivity index (χ0) is 11.6. The van der Waals surface area contributed by atoms with Crippen molar-refractivity contribution < 1.29 is 0 Å². The lowest BCUT2D eigenvalue weighted by Gasteiger charge is -2.44. The molecule has 0 spiro atoms. The molecule has 0 aliphatic heterocycles. The fourth-order valence-corrected chi connectivity index (χ4v) is 4.71. The molecule has 92 valence electrons. The van der Waals surface area contributed by atoms with E-state index < -0.39 is 0 Å². The summed E-state index contributed by atoms with van der Waals surface area (Å²) in [5, 5.41) is 4.00. The van der Waals surface area contributed by atoms with Crippen LogP contribution >= 0.6 is 0 Å². The average molecular weight is 221 g/mol. The zero-order valence-electron chi connectivity index (χ0n) is 11.3. The lowest BCUT2D eigenvalue weighted by atomic mass is 9.68. The van der Waals surface area contributed by atoms with Crippen molar-refractivity contribution in [2.45, 2.75) is 71.9 Å². The van der Waals surface area contributed by atoms with Gasteiger partial charge in [0.05, 0.1) is 0 Å². The van der Waals surface area contributed by atoms with E-state index in [1.54, 1.807) is 0 Å². The molecule has 3 rings (SSSR count). The molecule has 2 bridgehead atoms. The monoisotopic (exact) mass is 221 g/mol. The molecule has 0 aromatic heterocycles. The van der Waals surface area contributed by atoms with Gasteiger partial charge in [-0.15, -0.1) is 0 Å². The Morgan fingerprint density at radius 3 is 2.31 bits per heavy atom. The number of hydrogen-bond donors (Lipinski definition) is 1. The molecule has 0 aromatic carbocycles. The molecule has 3 saturated carbocycles. The highest BCUT2D eigenvalue weighted by Crippen LogP contribution is 2.62. The molecule has 1 N–H and O–H groups in total. The molecule has 0 aromatic rings. The second-order valence-corrected chi connectivity index (χ2v) is 7.64. The number of hydrogen-bond acceptors (Lipinski definition) is 1. The summed E-state index contributed by atoms with van der Waals surface area (Å²) in [6.07, 6.45) is 7.31. The van der Waals surface area contributed by atoms with E-state index in [9.17, 15) is 0 Å². The third-order valence-electron chi connectivity index (χ3n) is 6.03. The van der Waals surface area contributed by atoms with Crippen LogP contribution in [0, 0.1) is 22.7 Å². The molecule has 0 amide bonds. The normalized spacial score (nSPS) is 47.2. The van der Waals surface area contributed by atoms with Gasteiger partial charge >= 0.3 is 0 Å². The van der Waals surface area contributed by atoms with Crippen LogP contribution in [0.1, 0.15) is 59.8 Å². The Balaban J connectivity index is 1.77. The standard InChI is InChI=1S/C15H27N/c1-10(11-5-6-11)16-13-14(2,3)12-7-8-15(13,4)9-12/h10-13,16H,5-9H2,1-4H3/t10?,12-,13?,15+/m0/s1. The maximum absolute atomic E-state index is 4.00. The number of rotatable bonds is 3. The largest absolute Gasteiger partial charge is 0.310 e. The SMILES string of the molecule is CC(NC1C(C)(C)[C@H]2CC[C@]1(C)C2)C1CC1. The Hall–Kier alpha value is -0.0400. The van der Waals surface area contributed by atoms with E-state index in [4.69, 9.17) is 0 Å². The van der Waals surface area contributed by atoms with E-state index in [1.165, 1.54) is 32.1 Å². The van der Waals surface area contributed by atoms with Crippen LogP contribution in [0.4, 0.5) is 0 Å². The van der Waals surface area contributed by atoms with Gasteiger partial charge in [-0.1, -0.05) is 20.8 Å². The van der Waals surface area contributed by atoms with Crippen LogP contribution in [0.3, 0.4) is 0 Å². The Kier molecular flexibility index (Phi) is 2.25. The van der Waals surface area contributed by atoms with Gasteiger partial charge in [0.15, 0.2) is 0 Å². The van der Waals surface area contributed by atoms with E-state index >= 15 is 0 Å². The van der Waals surface area contributed by atoms with Gasteiger partial charge < -0.3 is 5.32 Å². The molecule has 16 heavy (non-hydrogen) atoms. The van der Waals surface area contributed by atoms with E-state index in [0.29, 0.717) is 10.8 Å². The molecular weight excluding hydrogens is 194 g/mol. The molecule has 4 atom stereocenters. The second-order valence-electron chi connectivity index (χ2n) is 7.64. The predicted octanol–water partition coefficient (Wildman–Crippen LogP) is 3.59. The molecule has 2 unspecified atom stereocenters. The Bertz CT molecular complexity index is 287. The molecule has 3 aliphatic rings. The highest BCUT2D eigenvalue weighted by atomic mass is 15.0. The van der Waals surface area contributed by atoms with Crippen molar-refractivity contribution in [2.75, 3.05) is 0 Å². The van der Waals surface area contributed by atoms with Gasteiger partial charge in [0.25, 0.3) is 0 Å². The summed E-state index contributed by atoms with van der Waals surface area (Å²) < 4.78 is 0. The van der Waals surface area contributed by atoms with Crippen LogP contribution in [0.25, 0.3) is 0 Å². The van der Waals surface area contributed by atoms with Crippen molar-refractivity contribution in [3.05, 3.63) is 0 Å². The minimum Gasteiger partial charge on any atom is -0.310 e. The fourth-order valence-electron chi connectivity index (χ4n) is 4.71. The summed E-state index contributed by atoms with van der Waals surface area (Å²) >= 11 is 0. The first-order chi connectivity index (χ1) is 7.43. The highest BCUT2D eigenvalue weighted by molar-refractivity contribution is 5.12. The van der Waals surface area contributed by atoms with Gasteiger partial charge in [0.2, 0.25) is 0 Å². The van der Waals surface area contributed by atoms with Crippen molar-refractivity contribution in [1.29, 1.82) is 0 Å². The lowest BCUT2D eigenvalue weighted by Crippen LogP contribution is -2.53. The topological polar surface area (TPSA) is 12.0 Å². The smallest absolute Gasteiger partial charge is 0.0177 e. The van der Waals surface area contributed by atoms with Crippen molar-refractivity contribution >= 4 is 0 Å². The summed E-state index contributed by atoms with van der Waals surface area (Å²) in [6.45, 7) is 9.93. The van der Waals surface area contributed by atoms with Gasteiger partial charge in [-0.2, -0.15) is 0 Å². The van der Waals surface area contributed by atoms with Crippen LogP contribution in [0.2, 0.25) is 0 Å². The lowest BCUT2D eigenvalue weighted by molar-refractivity contribution is 0.0976. The summed E-state index contributed by atoms with van der Waals surface area (Å²) in [7, 11) is 0. The predicted molar refractivity (Wildman–Crippen MR) is 68.3 cm³/mol. The van der Waals surface area contributed by atoms with Gasteiger partial charge in [-0.3, -0.25) is 0 Å². The highest BCUT2D eigenvalue weighted by Gasteiger charge is 2.59. The van der Waals surface area contributed by atoms with Crippen LogP contribution in [0.15, 0.2) is 0 Å². The molecular formula is C15H27N. The van der Waals surface area contributed by atoms with Crippen molar-refractivity contribution in [3.63, 3.8) is 0 Å². The summed E-state index contributed by atoms with van der Waals surface area (Å²) in [5.41, 5.74) is 1.12. The number of fused-ring (bicyclic) bond motifs is 2. The van der Waals surface area contributed by atoms with Crippen molar-refractivity contribution in [2.24, 2.45) is 22.7 Å². The fraction of sp³-hybridized carbons (Fsp3) is 1.00. The minimum absolute atomic E-state index is 0.524. The van der Waals surface area contributed by atoms with Gasteiger partial charge in [-0.25, -0.2) is 0 Å². The van der Waals surface area contributed by atoms with Crippen LogP contribution in [0.5, 0.6) is 0 Å². The van der Waals surface area contributed by atoms with Crippen molar-refractivity contribution in [1.82, 2.24) is 5.32 Å². The van der Waals surface area contributed by atoms with Gasteiger partial charge in [-0.05, 0) is 61.7 Å². The Labute approximate surface area is 100 Å². The first kappa shape index (κ1) is 11.1. The van der Waals surface area contributed by atoms with E-state index in [1.807, 2.05) is 0 Å². The first-order valence-electron chi connectivity index (χ1n) is 7.19. The average Bonchev–Trinajstić information content (AvgIpc) is 2.94. The molecule has 3 fully saturated rings. The van der Waals surface area contributed by atoms with E-state index in [2.05, 4.69) is 33.0 Å². The minimum atomic E-state index is 0.524. The van der Waals surface area contributed by atoms with E-state index in [-0.39, 0.29) is 0 Å². The molecule has 1 nitrogen and oxygen atoms in total. The summed E-state index contributed by atoms with van der Waals surface area (Å²) in [5.74, 6) is 1.96. The molecule has 1 heteroatoms. The van der Waals surface area contributed by atoms with Gasteiger partial charge in [0.1, 0.15) is 0 Å². The summed E-state index contributed by atoms with van der Waals surface area (Å²) in [6, 6.07) is 1.51. The van der Waals surface area contributed by atoms with E-state index in [0.717, 1.165) is 23.9 Å². The second kappa shape index (κ2) is 3.25. The third-order valence-corrected chi connectivity index (χ3v) is 6.03. The first-order valence-corrected chi connectivity index (χ1v) is 7.19. The van der Waals surface area contributed by atoms with Crippen LogP contribution in [-0.4, -0.2) is 12.1 Å².